The van der Waals surface area contributed by atoms with Gasteiger partial charge in [0.05, 0.1) is 12.2 Å². The number of amides is 1. The van der Waals surface area contributed by atoms with E-state index >= 15 is 0 Å². The highest BCUT2D eigenvalue weighted by Gasteiger charge is 2.26. The molecule has 0 aliphatic rings. The second-order valence-electron chi connectivity index (χ2n) is 10.4. The fraction of sp³-hybridized carbons (Fsp3) is 0.533. The largest absolute Gasteiger partial charge is 0.456 e. The first-order chi connectivity index (χ1) is 18.5. The summed E-state index contributed by atoms with van der Waals surface area (Å²) in [5.41, 5.74) is 8.09. The van der Waals surface area contributed by atoms with Crippen LogP contribution < -0.4 is 11.1 Å². The smallest absolute Gasteiger partial charge is 0.338 e. The standard InChI is InChI=1S/C30H43F2N3O4/c1-6-8-35(9-7-2)29(37)22-10-20(5)11-23(15-22)30(38)39-28(17-34-27(18-36)19(3)4)26(33)14-21-12-24(31)16-25(32)13-21/h10-13,15-16,19,26-28,34,36H,6-9,14,17-18,33H2,1-5H3/t26-,27?,28+/m0/s1. The van der Waals surface area contributed by atoms with Crippen molar-refractivity contribution in [3.63, 3.8) is 0 Å². The molecule has 9 heteroatoms. The molecular weight excluding hydrogens is 504 g/mol. The first-order valence-corrected chi connectivity index (χ1v) is 13.7. The van der Waals surface area contributed by atoms with Gasteiger partial charge < -0.3 is 25.8 Å². The van der Waals surface area contributed by atoms with Gasteiger partial charge in [-0.2, -0.15) is 0 Å². The van der Waals surface area contributed by atoms with Gasteiger partial charge in [0, 0.05) is 43.3 Å². The number of rotatable bonds is 15. The Hall–Kier alpha value is -2.88. The Bertz CT molecular complexity index is 1070. The number of nitrogens with one attached hydrogen (secondary N) is 1. The van der Waals surface area contributed by atoms with Crippen molar-refractivity contribution in [1.82, 2.24) is 10.2 Å². The van der Waals surface area contributed by atoms with Gasteiger partial charge in [0.1, 0.15) is 17.7 Å². The van der Waals surface area contributed by atoms with E-state index in [9.17, 15) is 23.5 Å². The Morgan fingerprint density at radius 3 is 2.13 bits per heavy atom. The van der Waals surface area contributed by atoms with Crippen molar-refractivity contribution in [2.24, 2.45) is 11.7 Å². The maximum atomic E-state index is 13.8. The molecule has 4 N–H and O–H groups in total. The SMILES string of the molecule is CCCN(CCC)C(=O)c1cc(C)cc(C(=O)O[C@H](CNC(CO)C(C)C)[C@@H](N)Cc2cc(F)cc(F)c2)c1. The summed E-state index contributed by atoms with van der Waals surface area (Å²) in [6, 6.07) is 7.01. The van der Waals surface area contributed by atoms with Gasteiger partial charge in [-0.15, -0.1) is 0 Å². The third-order valence-corrected chi connectivity index (χ3v) is 6.55. The summed E-state index contributed by atoms with van der Waals surface area (Å²) in [6.07, 6.45) is 0.812. The van der Waals surface area contributed by atoms with Gasteiger partial charge in [0.15, 0.2) is 0 Å². The molecule has 0 aliphatic heterocycles. The van der Waals surface area contributed by atoms with Crippen molar-refractivity contribution >= 4 is 11.9 Å². The molecule has 0 saturated heterocycles. The number of aliphatic hydroxyl groups is 1. The van der Waals surface area contributed by atoms with E-state index in [1.165, 1.54) is 18.2 Å². The third-order valence-electron chi connectivity index (χ3n) is 6.55. The van der Waals surface area contributed by atoms with Gasteiger partial charge in [-0.1, -0.05) is 27.7 Å². The number of halogens is 2. The normalized spacial score (nSPS) is 13.7. The van der Waals surface area contributed by atoms with Crippen molar-refractivity contribution in [2.45, 2.75) is 72.1 Å². The monoisotopic (exact) mass is 547 g/mol. The number of benzene rings is 2. The number of carbonyl (C=O) groups is 2. The van der Waals surface area contributed by atoms with Gasteiger partial charge in [-0.3, -0.25) is 4.79 Å². The summed E-state index contributed by atoms with van der Waals surface area (Å²) in [6.45, 7) is 10.9. The number of nitrogens with two attached hydrogens (primary N) is 1. The summed E-state index contributed by atoms with van der Waals surface area (Å²) in [5, 5.41) is 12.9. The summed E-state index contributed by atoms with van der Waals surface area (Å²) in [4.78, 5) is 28.3. The highest BCUT2D eigenvalue weighted by atomic mass is 19.1. The lowest BCUT2D eigenvalue weighted by atomic mass is 10.00. The number of aliphatic hydroxyl groups excluding tert-OH is 1. The van der Waals surface area contributed by atoms with Crippen LogP contribution in [0, 0.1) is 24.5 Å². The molecule has 0 bridgehead atoms. The Balaban J connectivity index is 2.30. The van der Waals surface area contributed by atoms with Crippen LogP contribution in [-0.4, -0.2) is 66.3 Å². The molecule has 0 aromatic heterocycles. The predicted octanol–water partition coefficient (Wildman–Crippen LogP) is 4.24. The van der Waals surface area contributed by atoms with E-state index in [0.29, 0.717) is 24.2 Å². The molecule has 2 aromatic rings. The summed E-state index contributed by atoms with van der Waals surface area (Å²) in [7, 11) is 0. The van der Waals surface area contributed by atoms with Crippen LogP contribution in [0.5, 0.6) is 0 Å². The molecule has 7 nitrogen and oxygen atoms in total. The molecule has 216 valence electrons. The molecule has 1 amide bonds. The van der Waals surface area contributed by atoms with Crippen LogP contribution in [0.25, 0.3) is 0 Å². The van der Waals surface area contributed by atoms with Crippen LogP contribution in [-0.2, 0) is 11.2 Å². The molecule has 1 unspecified atom stereocenters. The zero-order chi connectivity index (χ0) is 29.1. The molecule has 0 heterocycles. The lowest BCUT2D eigenvalue weighted by Crippen LogP contribution is -2.49. The van der Waals surface area contributed by atoms with E-state index in [2.05, 4.69) is 5.32 Å². The van der Waals surface area contributed by atoms with E-state index in [-0.39, 0.29) is 43.0 Å². The number of aryl methyl sites for hydroxylation is 1. The number of esters is 1. The molecule has 0 spiro atoms. The molecule has 0 saturated carbocycles. The number of carbonyl (C=O) groups excluding carboxylic acids is 2. The highest BCUT2D eigenvalue weighted by molar-refractivity contribution is 5.98. The molecule has 0 aliphatic carbocycles. The second kappa shape index (κ2) is 15.6. The Labute approximate surface area is 230 Å². The van der Waals surface area contributed by atoms with E-state index in [1.807, 2.05) is 27.7 Å². The first kappa shape index (κ1) is 32.3. The van der Waals surface area contributed by atoms with Gasteiger partial charge >= 0.3 is 5.97 Å². The molecule has 39 heavy (non-hydrogen) atoms. The minimum Gasteiger partial charge on any atom is -0.456 e. The van der Waals surface area contributed by atoms with Crippen LogP contribution in [0.15, 0.2) is 36.4 Å². The Kier molecular flexibility index (Phi) is 13.0. The molecule has 0 fully saturated rings. The number of nitrogens with zero attached hydrogens (tertiary/aromatic N) is 1. The minimum absolute atomic E-state index is 0.0559. The third kappa shape index (κ3) is 9.98. The maximum absolute atomic E-state index is 13.8. The second-order valence-corrected chi connectivity index (χ2v) is 10.4. The van der Waals surface area contributed by atoms with Gasteiger partial charge in [0.25, 0.3) is 5.91 Å². The average Bonchev–Trinajstić information content (AvgIpc) is 2.86. The van der Waals surface area contributed by atoms with Crippen LogP contribution in [0.3, 0.4) is 0 Å². The molecular formula is C30H43F2N3O4. The lowest BCUT2D eigenvalue weighted by Gasteiger charge is -2.28. The van der Waals surface area contributed by atoms with Crippen molar-refractivity contribution in [1.29, 1.82) is 0 Å². The quantitative estimate of drug-likeness (QED) is 0.288. The maximum Gasteiger partial charge on any atom is 0.338 e. The van der Waals surface area contributed by atoms with Crippen molar-refractivity contribution in [2.75, 3.05) is 26.2 Å². The predicted molar refractivity (Wildman–Crippen MR) is 149 cm³/mol. The van der Waals surface area contributed by atoms with Gasteiger partial charge in [-0.25, -0.2) is 13.6 Å². The zero-order valence-electron chi connectivity index (χ0n) is 23.7. The molecule has 2 rings (SSSR count). The fourth-order valence-electron chi connectivity index (χ4n) is 4.46. The first-order valence-electron chi connectivity index (χ1n) is 13.7. The van der Waals surface area contributed by atoms with Gasteiger partial charge in [0.2, 0.25) is 0 Å². The number of ether oxygens (including phenoxy) is 1. The molecule has 0 radical (unpaired) electrons. The van der Waals surface area contributed by atoms with E-state index in [4.69, 9.17) is 10.5 Å². The van der Waals surface area contributed by atoms with E-state index in [1.54, 1.807) is 24.0 Å². The van der Waals surface area contributed by atoms with Crippen molar-refractivity contribution in [3.05, 3.63) is 70.3 Å². The minimum atomic E-state index is -0.882. The summed E-state index contributed by atoms with van der Waals surface area (Å²) < 4.78 is 33.3. The highest BCUT2D eigenvalue weighted by Crippen LogP contribution is 2.17. The lowest BCUT2D eigenvalue weighted by molar-refractivity contribution is 0.0221. The van der Waals surface area contributed by atoms with E-state index in [0.717, 1.165) is 24.5 Å². The Morgan fingerprint density at radius 1 is 1.00 bits per heavy atom. The Morgan fingerprint density at radius 2 is 1.59 bits per heavy atom. The van der Waals surface area contributed by atoms with Crippen LogP contribution in [0.1, 0.15) is 72.4 Å². The summed E-state index contributed by atoms with van der Waals surface area (Å²) in [5.74, 6) is -2.16. The van der Waals surface area contributed by atoms with Crippen LogP contribution >= 0.6 is 0 Å². The van der Waals surface area contributed by atoms with Gasteiger partial charge in [-0.05, 0) is 73.6 Å². The zero-order valence-corrected chi connectivity index (χ0v) is 23.7. The van der Waals surface area contributed by atoms with Crippen molar-refractivity contribution in [3.8, 4) is 0 Å². The number of hydrogen-bond donors (Lipinski definition) is 3. The molecule has 3 atom stereocenters. The topological polar surface area (TPSA) is 105 Å². The summed E-state index contributed by atoms with van der Waals surface area (Å²) >= 11 is 0. The fourth-order valence-corrected chi connectivity index (χ4v) is 4.46. The molecule has 2 aromatic carbocycles. The van der Waals surface area contributed by atoms with Crippen molar-refractivity contribution < 1.29 is 28.2 Å². The number of hydrogen-bond acceptors (Lipinski definition) is 6. The van der Waals surface area contributed by atoms with Crippen LogP contribution in [0.4, 0.5) is 8.78 Å². The van der Waals surface area contributed by atoms with E-state index < -0.39 is 29.7 Å². The average molecular weight is 548 g/mol. The van der Waals surface area contributed by atoms with Crippen LogP contribution in [0.2, 0.25) is 0 Å².